The molecule has 0 bridgehead atoms. The highest BCUT2D eigenvalue weighted by atomic mass is 16.3. The number of fused-ring (bicyclic) bond motifs is 1. The molecule has 1 aliphatic heterocycles. The van der Waals surface area contributed by atoms with E-state index in [9.17, 15) is 9.90 Å². The minimum absolute atomic E-state index is 0.0400. The number of aromatic amines is 1. The van der Waals surface area contributed by atoms with Gasteiger partial charge in [0.2, 0.25) is 0 Å². The third kappa shape index (κ3) is 4.53. The van der Waals surface area contributed by atoms with Crippen LogP contribution in [0.15, 0.2) is 24.5 Å². The fourth-order valence-electron chi connectivity index (χ4n) is 3.59. The van der Waals surface area contributed by atoms with E-state index in [4.69, 9.17) is 0 Å². The second-order valence-electron chi connectivity index (χ2n) is 7.41. The number of imidazole rings is 1. The fraction of sp³-hybridized carbons (Fsp3) is 0.579. The van der Waals surface area contributed by atoms with Crippen molar-refractivity contribution in [3.8, 4) is 0 Å². The molecule has 1 aliphatic rings. The van der Waals surface area contributed by atoms with Gasteiger partial charge in [0.05, 0.1) is 17.4 Å². The molecule has 3 rings (SSSR count). The lowest BCUT2D eigenvalue weighted by atomic mass is 10.1. The number of nitrogens with zero attached hydrogens (tertiary/aromatic N) is 3. The Hall–Kier alpha value is -2.12. The first-order chi connectivity index (χ1) is 12.6. The number of urea groups is 1. The molecule has 0 unspecified atom stereocenters. The number of amides is 2. The molecule has 7 heteroatoms. The fourth-order valence-corrected chi connectivity index (χ4v) is 3.59. The molecule has 1 atom stereocenters. The van der Waals surface area contributed by atoms with Crippen LogP contribution in [0.5, 0.6) is 0 Å². The van der Waals surface area contributed by atoms with Gasteiger partial charge in [-0.2, -0.15) is 0 Å². The highest BCUT2D eigenvalue weighted by Crippen LogP contribution is 2.16. The third-order valence-corrected chi connectivity index (χ3v) is 4.88. The van der Waals surface area contributed by atoms with E-state index < -0.39 is 0 Å². The number of H-pyrrole nitrogens is 1. The molecule has 0 saturated carbocycles. The van der Waals surface area contributed by atoms with E-state index in [0.29, 0.717) is 25.4 Å². The van der Waals surface area contributed by atoms with Crippen molar-refractivity contribution in [3.05, 3.63) is 30.1 Å². The zero-order chi connectivity index (χ0) is 18.5. The van der Waals surface area contributed by atoms with Crippen LogP contribution in [0.1, 0.15) is 25.8 Å². The minimum Gasteiger partial charge on any atom is -0.396 e. The molecule has 2 aromatic rings. The van der Waals surface area contributed by atoms with Crippen LogP contribution in [-0.4, -0.2) is 69.7 Å². The average Bonchev–Trinajstić information content (AvgIpc) is 3.08. The van der Waals surface area contributed by atoms with Crippen molar-refractivity contribution in [1.29, 1.82) is 0 Å². The largest absolute Gasteiger partial charge is 0.396 e. The van der Waals surface area contributed by atoms with E-state index in [-0.39, 0.29) is 18.7 Å². The van der Waals surface area contributed by atoms with Crippen molar-refractivity contribution in [2.75, 3.05) is 32.8 Å². The van der Waals surface area contributed by atoms with Crippen LogP contribution in [-0.2, 0) is 6.54 Å². The summed E-state index contributed by atoms with van der Waals surface area (Å²) in [6.07, 6.45) is 2.37. The quantitative estimate of drug-likeness (QED) is 0.734. The van der Waals surface area contributed by atoms with Crippen LogP contribution in [0, 0.1) is 5.92 Å². The predicted octanol–water partition coefficient (Wildman–Crippen LogP) is 1.80. The summed E-state index contributed by atoms with van der Waals surface area (Å²) in [4.78, 5) is 24.1. The lowest BCUT2D eigenvalue weighted by Crippen LogP contribution is -2.57. The minimum atomic E-state index is -0.0400. The Bertz CT molecular complexity index is 730. The van der Waals surface area contributed by atoms with Gasteiger partial charge >= 0.3 is 6.03 Å². The van der Waals surface area contributed by atoms with Gasteiger partial charge in [-0.15, -0.1) is 0 Å². The first-order valence-electron chi connectivity index (χ1n) is 9.36. The van der Waals surface area contributed by atoms with Crippen LogP contribution in [0.4, 0.5) is 4.79 Å². The third-order valence-electron chi connectivity index (χ3n) is 4.88. The zero-order valence-corrected chi connectivity index (χ0v) is 15.6. The van der Waals surface area contributed by atoms with Gasteiger partial charge in [-0.3, -0.25) is 4.90 Å². The van der Waals surface area contributed by atoms with Gasteiger partial charge in [-0.05, 0) is 30.0 Å². The summed E-state index contributed by atoms with van der Waals surface area (Å²) in [5, 5.41) is 12.4. The summed E-state index contributed by atoms with van der Waals surface area (Å²) in [5.41, 5.74) is 2.94. The van der Waals surface area contributed by atoms with Crippen molar-refractivity contribution in [1.82, 2.24) is 25.1 Å². The highest BCUT2D eigenvalue weighted by molar-refractivity contribution is 5.76. The Labute approximate surface area is 154 Å². The number of hydrogen-bond acceptors (Lipinski definition) is 4. The molecule has 1 saturated heterocycles. The van der Waals surface area contributed by atoms with Crippen molar-refractivity contribution in [2.45, 2.75) is 32.9 Å². The molecule has 26 heavy (non-hydrogen) atoms. The molecule has 1 aromatic carbocycles. The Morgan fingerprint density at radius 1 is 1.42 bits per heavy atom. The zero-order valence-electron chi connectivity index (χ0n) is 15.6. The molecule has 0 spiro atoms. The van der Waals surface area contributed by atoms with E-state index in [0.717, 1.165) is 36.2 Å². The molecule has 142 valence electrons. The molecule has 7 nitrogen and oxygen atoms in total. The van der Waals surface area contributed by atoms with Gasteiger partial charge in [-0.25, -0.2) is 9.78 Å². The number of aliphatic hydroxyl groups excluding tert-OH is 1. The van der Waals surface area contributed by atoms with Crippen molar-refractivity contribution < 1.29 is 9.90 Å². The second kappa shape index (κ2) is 8.51. The molecule has 1 aromatic heterocycles. The monoisotopic (exact) mass is 359 g/mol. The van der Waals surface area contributed by atoms with Gasteiger partial charge in [0.15, 0.2) is 0 Å². The number of benzene rings is 1. The van der Waals surface area contributed by atoms with Crippen LogP contribution >= 0.6 is 0 Å². The molecule has 1 fully saturated rings. The summed E-state index contributed by atoms with van der Waals surface area (Å²) in [6.45, 7) is 8.29. The highest BCUT2D eigenvalue weighted by Gasteiger charge is 2.29. The van der Waals surface area contributed by atoms with Crippen molar-refractivity contribution >= 4 is 17.1 Å². The van der Waals surface area contributed by atoms with E-state index in [1.807, 2.05) is 23.1 Å². The SMILES string of the molecule is CC(C)CN1CCN(C(=O)NCc2ccc3nc[nH]c3c2)C[C@@H]1CCO. The summed E-state index contributed by atoms with van der Waals surface area (Å²) in [5.74, 6) is 0.578. The van der Waals surface area contributed by atoms with Crippen LogP contribution in [0.3, 0.4) is 0 Å². The molecule has 0 aliphatic carbocycles. The Morgan fingerprint density at radius 3 is 3.04 bits per heavy atom. The number of carbonyl (C=O) groups excluding carboxylic acids is 1. The number of carbonyl (C=O) groups is 1. The van der Waals surface area contributed by atoms with Crippen molar-refractivity contribution in [3.63, 3.8) is 0 Å². The maximum absolute atomic E-state index is 12.6. The standard InChI is InChI=1S/C19H29N5O2/c1-14(2)11-23-6-7-24(12-16(23)5-8-25)19(26)20-10-15-3-4-17-18(9-15)22-13-21-17/h3-4,9,13-14,16,25H,5-8,10-12H2,1-2H3,(H,20,26)(H,21,22)/t16-/m0/s1. The molecule has 2 heterocycles. The number of hydrogen-bond donors (Lipinski definition) is 3. The van der Waals surface area contributed by atoms with Gasteiger partial charge < -0.3 is 20.3 Å². The van der Waals surface area contributed by atoms with E-state index in [1.165, 1.54) is 0 Å². The molecular weight excluding hydrogens is 330 g/mol. The van der Waals surface area contributed by atoms with Gasteiger partial charge in [-0.1, -0.05) is 19.9 Å². The number of aliphatic hydroxyl groups is 1. The average molecular weight is 359 g/mol. The van der Waals surface area contributed by atoms with Gasteiger partial charge in [0, 0.05) is 45.4 Å². The van der Waals surface area contributed by atoms with Crippen LogP contribution in [0.2, 0.25) is 0 Å². The first-order valence-corrected chi connectivity index (χ1v) is 9.36. The smallest absolute Gasteiger partial charge is 0.317 e. The molecule has 2 amide bonds. The lowest BCUT2D eigenvalue weighted by Gasteiger charge is -2.42. The maximum atomic E-state index is 12.6. The first kappa shape index (κ1) is 18.7. The maximum Gasteiger partial charge on any atom is 0.317 e. The Balaban J connectivity index is 1.55. The van der Waals surface area contributed by atoms with E-state index in [1.54, 1.807) is 6.33 Å². The van der Waals surface area contributed by atoms with E-state index >= 15 is 0 Å². The second-order valence-corrected chi connectivity index (χ2v) is 7.41. The Kier molecular flexibility index (Phi) is 6.11. The van der Waals surface area contributed by atoms with E-state index in [2.05, 4.69) is 34.0 Å². The van der Waals surface area contributed by atoms with Crippen LogP contribution < -0.4 is 5.32 Å². The summed E-state index contributed by atoms with van der Waals surface area (Å²) in [7, 11) is 0. The molecular formula is C19H29N5O2. The normalized spacial score (nSPS) is 18.6. The number of nitrogens with one attached hydrogen (secondary N) is 2. The topological polar surface area (TPSA) is 84.5 Å². The number of rotatable bonds is 6. The van der Waals surface area contributed by atoms with Crippen molar-refractivity contribution in [2.24, 2.45) is 5.92 Å². The molecule has 0 radical (unpaired) electrons. The summed E-state index contributed by atoms with van der Waals surface area (Å²) >= 11 is 0. The predicted molar refractivity (Wildman–Crippen MR) is 102 cm³/mol. The summed E-state index contributed by atoms with van der Waals surface area (Å²) < 4.78 is 0. The Morgan fingerprint density at radius 2 is 2.27 bits per heavy atom. The van der Waals surface area contributed by atoms with Gasteiger partial charge in [0.1, 0.15) is 0 Å². The van der Waals surface area contributed by atoms with Crippen LogP contribution in [0.25, 0.3) is 11.0 Å². The summed E-state index contributed by atoms with van der Waals surface area (Å²) in [6, 6.07) is 6.14. The number of aromatic nitrogens is 2. The number of piperazine rings is 1. The van der Waals surface area contributed by atoms with Gasteiger partial charge in [0.25, 0.3) is 0 Å². The lowest BCUT2D eigenvalue weighted by molar-refractivity contribution is 0.0654. The molecule has 3 N–H and O–H groups in total.